The Morgan fingerprint density at radius 3 is 2.72 bits per heavy atom. The van der Waals surface area contributed by atoms with Crippen molar-refractivity contribution in [1.29, 1.82) is 0 Å². The quantitative estimate of drug-likeness (QED) is 0.392. The fourth-order valence-electron chi connectivity index (χ4n) is 3.48. The molecule has 0 fully saturated rings. The van der Waals surface area contributed by atoms with Crippen LogP contribution < -0.4 is 10.6 Å². The maximum absolute atomic E-state index is 12.2. The van der Waals surface area contributed by atoms with Crippen molar-refractivity contribution >= 4 is 39.9 Å². The van der Waals surface area contributed by atoms with E-state index in [0.717, 1.165) is 21.3 Å². The van der Waals surface area contributed by atoms with E-state index in [-0.39, 0.29) is 16.7 Å². The number of hydrogen-bond donors (Lipinski definition) is 3. The molecule has 1 atom stereocenters. The third kappa shape index (κ3) is 4.28. The molecular weight excluding hydrogens is 426 g/mol. The van der Waals surface area contributed by atoms with Gasteiger partial charge in [-0.05, 0) is 23.8 Å². The van der Waals surface area contributed by atoms with Gasteiger partial charge >= 0.3 is 5.97 Å². The van der Waals surface area contributed by atoms with Crippen molar-refractivity contribution in [3.05, 3.63) is 71.0 Å². The molecule has 0 radical (unpaired) electrons. The van der Waals surface area contributed by atoms with Crippen LogP contribution in [0.5, 0.6) is 0 Å². The van der Waals surface area contributed by atoms with E-state index in [1.54, 1.807) is 37.5 Å². The molecule has 0 aliphatic heterocycles. The van der Waals surface area contributed by atoms with Crippen LogP contribution in [-0.4, -0.2) is 45.5 Å². The average Bonchev–Trinajstić information content (AvgIpc) is 3.32. The van der Waals surface area contributed by atoms with Gasteiger partial charge < -0.3 is 15.7 Å². The highest BCUT2D eigenvalue weighted by Gasteiger charge is 2.15. The molecule has 0 aliphatic carbocycles. The Morgan fingerprint density at radius 2 is 1.97 bits per heavy atom. The van der Waals surface area contributed by atoms with Gasteiger partial charge in [-0.25, -0.2) is 14.8 Å². The first-order chi connectivity index (χ1) is 15.5. The molecule has 0 saturated heterocycles. The van der Waals surface area contributed by atoms with Crippen LogP contribution in [-0.2, 0) is 0 Å². The Labute approximate surface area is 188 Å². The molecule has 1 amide bonds. The monoisotopic (exact) mass is 447 g/mol. The zero-order chi connectivity index (χ0) is 22.7. The van der Waals surface area contributed by atoms with Crippen molar-refractivity contribution in [2.24, 2.45) is 0 Å². The summed E-state index contributed by atoms with van der Waals surface area (Å²) < 4.78 is 0. The highest BCUT2D eigenvalue weighted by Crippen LogP contribution is 2.29. The van der Waals surface area contributed by atoms with Crippen LogP contribution in [0.2, 0.25) is 0 Å². The van der Waals surface area contributed by atoms with Gasteiger partial charge in [0.15, 0.2) is 0 Å². The molecule has 3 heterocycles. The predicted molar refractivity (Wildman–Crippen MR) is 124 cm³/mol. The minimum absolute atomic E-state index is 0.0879. The summed E-state index contributed by atoms with van der Waals surface area (Å²) in [5.41, 5.74) is 3.08. The molecule has 3 N–H and O–H groups in total. The van der Waals surface area contributed by atoms with Crippen LogP contribution in [0.25, 0.3) is 21.5 Å². The van der Waals surface area contributed by atoms with E-state index in [0.29, 0.717) is 23.6 Å². The van der Waals surface area contributed by atoms with Crippen molar-refractivity contribution in [1.82, 2.24) is 20.3 Å². The molecule has 0 saturated carbocycles. The Morgan fingerprint density at radius 1 is 1.12 bits per heavy atom. The number of carboxylic acid groups (broad SMARTS) is 1. The third-order valence-corrected chi connectivity index (χ3v) is 6.23. The van der Waals surface area contributed by atoms with Crippen molar-refractivity contribution < 1.29 is 14.7 Å². The van der Waals surface area contributed by atoms with Gasteiger partial charge in [-0.2, -0.15) is 0 Å². The lowest BCUT2D eigenvalue weighted by atomic mass is 9.96. The van der Waals surface area contributed by atoms with Crippen LogP contribution in [0.1, 0.15) is 38.4 Å². The summed E-state index contributed by atoms with van der Waals surface area (Å²) in [7, 11) is 1.61. The Balaban J connectivity index is 1.54. The molecule has 0 aliphatic rings. The first-order valence-corrected chi connectivity index (χ1v) is 10.8. The van der Waals surface area contributed by atoms with Gasteiger partial charge in [-0.15, -0.1) is 11.3 Å². The molecule has 4 rings (SSSR count). The van der Waals surface area contributed by atoms with Crippen molar-refractivity contribution in [3.8, 4) is 10.6 Å². The number of anilines is 1. The van der Waals surface area contributed by atoms with E-state index < -0.39 is 5.97 Å². The number of fused-ring (bicyclic) bond motifs is 1. The van der Waals surface area contributed by atoms with E-state index in [2.05, 4.69) is 32.5 Å². The second-order valence-electron chi connectivity index (χ2n) is 7.22. The summed E-state index contributed by atoms with van der Waals surface area (Å²) in [4.78, 5) is 37.4. The SMILES string of the molecule is CNC(=O)c1ccnc2c([C@H](C)CNc3cc(-c4ccc(C(=O)O)s4)ncn3)cccc12. The van der Waals surface area contributed by atoms with E-state index in [1.807, 2.05) is 18.2 Å². The number of para-hydroxylation sites is 1. The molecule has 0 spiro atoms. The van der Waals surface area contributed by atoms with Crippen LogP contribution in [0.15, 0.2) is 55.0 Å². The number of pyridine rings is 1. The molecular formula is C23H21N5O3S. The summed E-state index contributed by atoms with van der Waals surface area (Å²) in [5.74, 6) is -0.365. The number of nitrogens with one attached hydrogen (secondary N) is 2. The van der Waals surface area contributed by atoms with Gasteiger partial charge in [0, 0.05) is 37.2 Å². The van der Waals surface area contributed by atoms with E-state index >= 15 is 0 Å². The largest absolute Gasteiger partial charge is 0.477 e. The summed E-state index contributed by atoms with van der Waals surface area (Å²) in [5, 5.41) is 15.9. The molecule has 0 unspecified atom stereocenters. The second-order valence-corrected chi connectivity index (χ2v) is 8.30. The summed E-state index contributed by atoms with van der Waals surface area (Å²) in [6.07, 6.45) is 3.11. The highest BCUT2D eigenvalue weighted by molar-refractivity contribution is 7.17. The topological polar surface area (TPSA) is 117 Å². The maximum atomic E-state index is 12.2. The standard InChI is InChI=1S/C23H21N5O3S/c1-13(14-4-3-5-15-16(22(29)24-2)8-9-25-21(14)15)11-26-20-10-17(27-12-28-20)18-6-7-19(32-18)23(30)31/h3-10,12-13H,11H2,1-2H3,(H,24,29)(H,30,31)(H,26,27,28)/t13-/m1/s1. The Kier molecular flexibility index (Phi) is 6.09. The normalized spacial score (nSPS) is 11.8. The van der Waals surface area contributed by atoms with Gasteiger partial charge in [0.25, 0.3) is 5.91 Å². The number of rotatable bonds is 7. The number of benzene rings is 1. The predicted octanol–water partition coefficient (Wildman–Crippen LogP) is 4.03. The number of carbonyl (C=O) groups is 2. The molecule has 162 valence electrons. The molecule has 32 heavy (non-hydrogen) atoms. The van der Waals surface area contributed by atoms with E-state index in [9.17, 15) is 9.59 Å². The van der Waals surface area contributed by atoms with E-state index in [4.69, 9.17) is 5.11 Å². The van der Waals surface area contributed by atoms with Crippen LogP contribution in [0, 0.1) is 0 Å². The lowest BCUT2D eigenvalue weighted by Gasteiger charge is -2.16. The smallest absolute Gasteiger partial charge is 0.345 e. The van der Waals surface area contributed by atoms with Gasteiger partial charge in [-0.3, -0.25) is 9.78 Å². The Hall–Kier alpha value is -3.85. The first-order valence-electron chi connectivity index (χ1n) is 9.97. The number of amides is 1. The van der Waals surface area contributed by atoms with Crippen LogP contribution in [0.4, 0.5) is 5.82 Å². The minimum Gasteiger partial charge on any atom is -0.477 e. The lowest BCUT2D eigenvalue weighted by Crippen LogP contribution is -2.18. The van der Waals surface area contributed by atoms with Gasteiger partial charge in [-0.1, -0.05) is 25.1 Å². The zero-order valence-corrected chi connectivity index (χ0v) is 18.3. The second kappa shape index (κ2) is 9.11. The molecule has 9 heteroatoms. The molecule has 3 aromatic heterocycles. The third-order valence-electron chi connectivity index (χ3n) is 5.13. The van der Waals surface area contributed by atoms with Crippen LogP contribution in [0.3, 0.4) is 0 Å². The number of carbonyl (C=O) groups excluding carboxylic acids is 1. The highest BCUT2D eigenvalue weighted by atomic mass is 32.1. The fraction of sp³-hybridized carbons (Fsp3) is 0.174. The van der Waals surface area contributed by atoms with Gasteiger partial charge in [0.2, 0.25) is 0 Å². The Bertz CT molecular complexity index is 1300. The number of hydrogen-bond acceptors (Lipinski definition) is 7. The van der Waals surface area contributed by atoms with E-state index in [1.165, 1.54) is 17.7 Å². The van der Waals surface area contributed by atoms with Crippen molar-refractivity contribution in [3.63, 3.8) is 0 Å². The fourth-order valence-corrected chi connectivity index (χ4v) is 4.29. The molecule has 1 aromatic carbocycles. The molecule has 4 aromatic rings. The number of nitrogens with zero attached hydrogens (tertiary/aromatic N) is 3. The van der Waals surface area contributed by atoms with Crippen molar-refractivity contribution in [2.75, 3.05) is 18.9 Å². The summed E-state index contributed by atoms with van der Waals surface area (Å²) in [6.45, 7) is 2.67. The number of aromatic carboxylic acids is 1. The summed E-state index contributed by atoms with van der Waals surface area (Å²) in [6, 6.07) is 12.7. The number of thiophene rings is 1. The van der Waals surface area contributed by atoms with Gasteiger partial charge in [0.1, 0.15) is 17.0 Å². The molecule has 0 bridgehead atoms. The lowest BCUT2D eigenvalue weighted by molar-refractivity contribution is 0.0702. The number of aromatic nitrogens is 3. The molecule has 8 nitrogen and oxygen atoms in total. The van der Waals surface area contributed by atoms with Crippen molar-refractivity contribution in [2.45, 2.75) is 12.8 Å². The number of carboxylic acids is 1. The maximum Gasteiger partial charge on any atom is 0.345 e. The zero-order valence-electron chi connectivity index (χ0n) is 17.5. The summed E-state index contributed by atoms with van der Waals surface area (Å²) >= 11 is 1.17. The van der Waals surface area contributed by atoms with Crippen LogP contribution >= 0.6 is 11.3 Å². The average molecular weight is 448 g/mol. The first kappa shape index (κ1) is 21.4. The minimum atomic E-state index is -0.953. The van der Waals surface area contributed by atoms with Gasteiger partial charge in [0.05, 0.1) is 21.7 Å².